The van der Waals surface area contributed by atoms with E-state index < -0.39 is 44.7 Å². The van der Waals surface area contributed by atoms with Crippen molar-refractivity contribution < 1.29 is 56.7 Å². The maximum absolute atomic E-state index is 12.8. The Labute approximate surface area is 380 Å². The second kappa shape index (κ2) is 35.0. The number of quaternary nitrogens is 1. The molecule has 0 aliphatic carbocycles. The summed E-state index contributed by atoms with van der Waals surface area (Å²) in [5.41, 5.74) is 2.57. The average molecular weight is 904 g/mol. The van der Waals surface area contributed by atoms with E-state index in [2.05, 4.69) is 20.8 Å². The number of aliphatic hydroxyl groups is 2. The van der Waals surface area contributed by atoms with Crippen molar-refractivity contribution in [3.8, 4) is 0 Å². The smallest absolute Gasteiger partial charge is 0.306 e. The van der Waals surface area contributed by atoms with Gasteiger partial charge in [0.1, 0.15) is 31.3 Å². The fourth-order valence-electron chi connectivity index (χ4n) is 6.15. The number of hydrogen-bond acceptors (Lipinski definition) is 11. The molecule has 0 radical (unpaired) electrons. The fraction of sp³-hybridized carbons (Fsp3) is 0.640. The number of carbonyl (C=O) groups excluding carboxylic acids is 2. The van der Waals surface area contributed by atoms with E-state index in [4.69, 9.17) is 22.9 Å². The number of nitrogens with zero attached hydrogens (tertiary/aromatic N) is 1. The van der Waals surface area contributed by atoms with Gasteiger partial charge >= 0.3 is 11.9 Å². The molecule has 0 saturated heterocycles. The fourth-order valence-corrected chi connectivity index (χ4v) is 6.88. The molecule has 0 fully saturated rings. The maximum atomic E-state index is 12.8. The van der Waals surface area contributed by atoms with E-state index >= 15 is 0 Å². The lowest BCUT2D eigenvalue weighted by Crippen LogP contribution is -2.37. The largest absolute Gasteiger partial charge is 0.756 e. The highest BCUT2D eigenvalue weighted by atomic mass is 31.2. The van der Waals surface area contributed by atoms with Crippen LogP contribution in [0.2, 0.25) is 0 Å². The van der Waals surface area contributed by atoms with Crippen LogP contribution in [-0.2, 0) is 45.5 Å². The van der Waals surface area contributed by atoms with Crippen LogP contribution in [0, 0.1) is 13.8 Å². The van der Waals surface area contributed by atoms with Crippen molar-refractivity contribution in [3.05, 3.63) is 95.6 Å². The molecule has 0 aliphatic rings. The molecule has 0 amide bonds. The molecule has 0 saturated carbocycles. The van der Waals surface area contributed by atoms with Crippen LogP contribution < -0.4 is 4.89 Å². The zero-order valence-electron chi connectivity index (χ0n) is 39.7. The first-order chi connectivity index (χ1) is 30.1. The molecule has 1 aromatic heterocycles. The van der Waals surface area contributed by atoms with Gasteiger partial charge in [-0.25, -0.2) is 0 Å². The third-order valence-electron chi connectivity index (χ3n) is 10.1. The zero-order valence-corrected chi connectivity index (χ0v) is 40.6. The number of unbranched alkanes of at least 4 members (excludes halogenated alkanes) is 7. The normalized spacial score (nSPS) is 15.1. The minimum Gasteiger partial charge on any atom is -0.756 e. The zero-order chi connectivity index (χ0) is 46.8. The molecule has 1 aromatic rings. The number of furan rings is 1. The second-order valence-corrected chi connectivity index (χ2v) is 18.4. The summed E-state index contributed by atoms with van der Waals surface area (Å²) in [6.45, 7) is 8.03. The summed E-state index contributed by atoms with van der Waals surface area (Å²) in [6.07, 6.45) is 34.2. The third kappa shape index (κ3) is 32.0. The Kier molecular flexibility index (Phi) is 32.0. The Bertz CT molecular complexity index is 1620. The van der Waals surface area contributed by atoms with Crippen molar-refractivity contribution in [1.29, 1.82) is 0 Å². The standard InChI is InChI=1S/C50H82NO11P/c1-8-10-22-30-44(52)32-25-20-21-26-33-45(53)31-24-16-12-14-18-28-36-49(54)58-40-46(41-60-63(56,57)59-39-38-51(5,6)7)61-50(55)37-29-19-15-13-17-27-35-48-43(4)42(3)47(62-48)34-23-11-9-2/h10,14,16,18,20-22,24-26,32-33,44-46,52-53H,8-9,11-13,15,17,19,23,27-31,34-41H2,1-7H3/b18-14-,21-20-,22-10-,24-16-,32-25+,33-26+/t44-,45+,46-/m1/s1. The van der Waals surface area contributed by atoms with Gasteiger partial charge in [0.05, 0.1) is 40.0 Å². The summed E-state index contributed by atoms with van der Waals surface area (Å²) in [5.74, 6) is 1.20. The maximum Gasteiger partial charge on any atom is 0.306 e. The Morgan fingerprint density at radius 2 is 1.29 bits per heavy atom. The van der Waals surface area contributed by atoms with Gasteiger partial charge in [-0.3, -0.25) is 14.2 Å². The van der Waals surface area contributed by atoms with Gasteiger partial charge in [0.25, 0.3) is 7.82 Å². The van der Waals surface area contributed by atoms with Crippen LogP contribution in [0.1, 0.15) is 139 Å². The summed E-state index contributed by atoms with van der Waals surface area (Å²) in [4.78, 5) is 37.7. The number of allylic oxidation sites excluding steroid dienone is 8. The van der Waals surface area contributed by atoms with Crippen LogP contribution in [0.5, 0.6) is 0 Å². The topological polar surface area (TPSA) is 165 Å². The van der Waals surface area contributed by atoms with Crippen molar-refractivity contribution >= 4 is 19.8 Å². The lowest BCUT2D eigenvalue weighted by atomic mass is 10.0. The summed E-state index contributed by atoms with van der Waals surface area (Å²) in [7, 11) is 1.02. The first-order valence-electron chi connectivity index (χ1n) is 23.2. The van der Waals surface area contributed by atoms with Crippen LogP contribution in [0.3, 0.4) is 0 Å². The number of likely N-dealkylation sites (N-methyl/N-ethyl adjacent to an activating group) is 1. The molecule has 1 unspecified atom stereocenters. The number of hydrogen-bond donors (Lipinski definition) is 2. The summed E-state index contributed by atoms with van der Waals surface area (Å²) >= 11 is 0. The lowest BCUT2D eigenvalue weighted by Gasteiger charge is -2.28. The van der Waals surface area contributed by atoms with Gasteiger partial charge in [-0.2, -0.15) is 0 Å². The minimum atomic E-state index is -4.69. The van der Waals surface area contributed by atoms with E-state index in [0.29, 0.717) is 43.1 Å². The highest BCUT2D eigenvalue weighted by molar-refractivity contribution is 7.45. The number of esters is 2. The molecule has 1 heterocycles. The van der Waals surface area contributed by atoms with Gasteiger partial charge in [-0.05, 0) is 76.3 Å². The van der Waals surface area contributed by atoms with Gasteiger partial charge in [0.15, 0.2) is 6.10 Å². The molecular formula is C50H82NO11P. The monoisotopic (exact) mass is 904 g/mol. The van der Waals surface area contributed by atoms with E-state index in [1.54, 1.807) is 36.5 Å². The van der Waals surface area contributed by atoms with E-state index in [0.717, 1.165) is 69.3 Å². The molecule has 63 heavy (non-hydrogen) atoms. The van der Waals surface area contributed by atoms with Crippen LogP contribution >= 0.6 is 7.82 Å². The van der Waals surface area contributed by atoms with Crippen molar-refractivity contribution in [2.45, 2.75) is 162 Å². The molecule has 0 aliphatic heterocycles. The molecule has 12 nitrogen and oxygen atoms in total. The molecule has 4 atom stereocenters. The molecule has 0 aromatic carbocycles. The minimum absolute atomic E-state index is 0.0732. The number of aryl methyl sites for hydroxylation is 2. The number of phosphoric acid groups is 1. The molecule has 358 valence electrons. The SMILES string of the molecule is CC/C=C\C[C@@H](O)/C=C/C=C\C=C\[C@@H](O)C/C=C\C/C=C\CCC(=O)OC[C@H](COP(=O)([O-])OCC[N+](C)(C)C)OC(=O)CCCCCCCCc1oc(CCCCC)c(C)c1C. The predicted octanol–water partition coefficient (Wildman–Crippen LogP) is 9.98. The molecule has 0 bridgehead atoms. The number of aliphatic hydroxyl groups excluding tert-OH is 2. The van der Waals surface area contributed by atoms with E-state index in [9.17, 15) is 29.3 Å². The van der Waals surface area contributed by atoms with Crippen molar-refractivity contribution in [2.24, 2.45) is 0 Å². The highest BCUT2D eigenvalue weighted by Gasteiger charge is 2.22. The van der Waals surface area contributed by atoms with Gasteiger partial charge in [-0.1, -0.05) is 125 Å². The number of phosphoric ester groups is 1. The van der Waals surface area contributed by atoms with Crippen LogP contribution in [-0.4, -0.2) is 92.5 Å². The van der Waals surface area contributed by atoms with Crippen molar-refractivity contribution in [2.75, 3.05) is 47.5 Å². The highest BCUT2D eigenvalue weighted by Crippen LogP contribution is 2.38. The predicted molar refractivity (Wildman–Crippen MR) is 251 cm³/mol. The van der Waals surface area contributed by atoms with Gasteiger partial charge < -0.3 is 42.5 Å². The van der Waals surface area contributed by atoms with Crippen LogP contribution in [0.15, 0.2) is 77.3 Å². The Morgan fingerprint density at radius 3 is 1.89 bits per heavy atom. The van der Waals surface area contributed by atoms with E-state index in [-0.39, 0.29) is 26.1 Å². The lowest BCUT2D eigenvalue weighted by molar-refractivity contribution is -0.870. The molecule has 1 rings (SSSR count). The van der Waals surface area contributed by atoms with Gasteiger partial charge in [0.2, 0.25) is 0 Å². The quantitative estimate of drug-likeness (QED) is 0.0163. The van der Waals surface area contributed by atoms with Crippen LogP contribution in [0.25, 0.3) is 0 Å². The Balaban J connectivity index is 2.47. The Hall–Kier alpha value is -3.35. The Morgan fingerprint density at radius 1 is 0.714 bits per heavy atom. The van der Waals surface area contributed by atoms with Crippen molar-refractivity contribution in [1.82, 2.24) is 0 Å². The van der Waals surface area contributed by atoms with E-state index in [1.807, 2.05) is 64.5 Å². The average Bonchev–Trinajstić information content (AvgIpc) is 3.49. The number of carbonyl (C=O) groups is 2. The van der Waals surface area contributed by atoms with Gasteiger partial charge in [0, 0.05) is 25.7 Å². The first kappa shape index (κ1) is 57.7. The number of rotatable bonds is 37. The first-order valence-corrected chi connectivity index (χ1v) is 24.7. The summed E-state index contributed by atoms with van der Waals surface area (Å²) < 4.78 is 40.1. The van der Waals surface area contributed by atoms with E-state index in [1.165, 1.54) is 24.0 Å². The molecular weight excluding hydrogens is 822 g/mol. The van der Waals surface area contributed by atoms with Gasteiger partial charge in [-0.15, -0.1) is 0 Å². The van der Waals surface area contributed by atoms with Crippen molar-refractivity contribution in [3.63, 3.8) is 0 Å². The molecule has 0 spiro atoms. The van der Waals surface area contributed by atoms with Crippen LogP contribution in [0.4, 0.5) is 0 Å². The summed E-state index contributed by atoms with van der Waals surface area (Å²) in [5, 5.41) is 20.0. The molecule has 13 heteroatoms. The second-order valence-electron chi connectivity index (χ2n) is 17.0. The molecule has 2 N–H and O–H groups in total. The number of ether oxygens (including phenoxy) is 2. The summed E-state index contributed by atoms with van der Waals surface area (Å²) in [6, 6.07) is 0. The third-order valence-corrected chi connectivity index (χ3v) is 11.1.